The summed E-state index contributed by atoms with van der Waals surface area (Å²) in [6.07, 6.45) is -2.29. The maximum atomic E-state index is 13.8. The van der Waals surface area contributed by atoms with Gasteiger partial charge in [0.1, 0.15) is 30.8 Å². The number of rotatable bonds is 20. The van der Waals surface area contributed by atoms with Crippen molar-refractivity contribution >= 4 is 41.7 Å². The minimum absolute atomic E-state index is 0.0722. The maximum absolute atomic E-state index is 13.8. The van der Waals surface area contributed by atoms with Crippen molar-refractivity contribution < 1.29 is 48.5 Å². The molecule has 0 aliphatic carbocycles. The Kier molecular flexibility index (Phi) is 16.3. The molecule has 0 aromatic heterocycles. The van der Waals surface area contributed by atoms with Crippen molar-refractivity contribution in [3.8, 4) is 0 Å². The average Bonchev–Trinajstić information content (AvgIpc) is 3.12. The molecule has 3 aromatic carbocycles. The van der Waals surface area contributed by atoms with Gasteiger partial charge in [-0.2, -0.15) is 0 Å². The van der Waals surface area contributed by atoms with Gasteiger partial charge < -0.3 is 41.5 Å². The van der Waals surface area contributed by atoms with Crippen molar-refractivity contribution in [3.63, 3.8) is 0 Å². The number of nitrogens with one attached hydrogen (secondary N) is 5. The van der Waals surface area contributed by atoms with Crippen LogP contribution in [0.2, 0.25) is 0 Å². The molecule has 0 saturated heterocycles. The highest BCUT2D eigenvalue weighted by molar-refractivity contribution is 5.97. The predicted molar refractivity (Wildman–Crippen MR) is 187 cm³/mol. The van der Waals surface area contributed by atoms with Gasteiger partial charge in [-0.25, -0.2) is 4.79 Å². The lowest BCUT2D eigenvalue weighted by Gasteiger charge is -2.26. The van der Waals surface area contributed by atoms with E-state index in [4.69, 9.17) is 4.74 Å². The number of carboxylic acids is 2. The second-order valence-corrected chi connectivity index (χ2v) is 11.8. The van der Waals surface area contributed by atoms with E-state index < -0.39 is 78.7 Å². The number of carbonyl (C=O) groups is 7. The van der Waals surface area contributed by atoms with Gasteiger partial charge in [-0.1, -0.05) is 97.9 Å². The summed E-state index contributed by atoms with van der Waals surface area (Å²) in [5.74, 6) is -6.43. The molecule has 4 atom stereocenters. The molecule has 52 heavy (non-hydrogen) atoms. The van der Waals surface area contributed by atoms with Crippen LogP contribution in [0.25, 0.3) is 0 Å². The number of amides is 5. The minimum Gasteiger partial charge on any atom is -0.481 e. The third kappa shape index (κ3) is 14.3. The molecule has 0 fully saturated rings. The van der Waals surface area contributed by atoms with Gasteiger partial charge in [0.05, 0.1) is 12.8 Å². The van der Waals surface area contributed by atoms with Crippen LogP contribution in [0.1, 0.15) is 42.9 Å². The van der Waals surface area contributed by atoms with E-state index in [1.165, 1.54) is 0 Å². The van der Waals surface area contributed by atoms with Crippen molar-refractivity contribution in [2.45, 2.75) is 69.8 Å². The van der Waals surface area contributed by atoms with Crippen LogP contribution in [0, 0.1) is 0 Å². The third-order valence-electron chi connectivity index (χ3n) is 7.59. The highest BCUT2D eigenvalue weighted by Gasteiger charge is 2.33. The average molecular weight is 718 g/mol. The van der Waals surface area contributed by atoms with Crippen LogP contribution in [0.3, 0.4) is 0 Å². The first-order valence-corrected chi connectivity index (χ1v) is 16.6. The van der Waals surface area contributed by atoms with E-state index in [-0.39, 0.29) is 19.4 Å². The molecule has 276 valence electrons. The molecule has 0 heterocycles. The summed E-state index contributed by atoms with van der Waals surface area (Å²) in [6, 6.07) is 20.2. The molecule has 0 aliphatic rings. The fraction of sp³-hybridized carbons (Fsp3) is 0.324. The third-order valence-corrected chi connectivity index (χ3v) is 7.59. The van der Waals surface area contributed by atoms with Gasteiger partial charge in [0.15, 0.2) is 0 Å². The molecule has 0 spiro atoms. The van der Waals surface area contributed by atoms with Gasteiger partial charge in [-0.3, -0.25) is 28.8 Å². The molecule has 15 nitrogen and oxygen atoms in total. The smallest absolute Gasteiger partial charge is 0.408 e. The van der Waals surface area contributed by atoms with Crippen LogP contribution in [0.4, 0.5) is 4.79 Å². The van der Waals surface area contributed by atoms with E-state index in [1.54, 1.807) is 84.9 Å². The maximum Gasteiger partial charge on any atom is 0.408 e. The number of carbonyl (C=O) groups excluding carboxylic acids is 5. The summed E-state index contributed by atoms with van der Waals surface area (Å²) < 4.78 is 5.08. The van der Waals surface area contributed by atoms with E-state index in [1.807, 2.05) is 13.0 Å². The van der Waals surface area contributed by atoms with Gasteiger partial charge in [-0.05, 0) is 23.1 Å². The summed E-state index contributed by atoms with van der Waals surface area (Å²) in [4.78, 5) is 89.6. The van der Waals surface area contributed by atoms with Crippen LogP contribution in [-0.2, 0) is 53.0 Å². The standard InChI is InChI=1S/C37H43N5O10/c1-2-18-38-33(47)27(19-24-12-6-3-7-13-24)39-34(48)28(20-25-14-8-4-9-15-25)40-35(49)29(21-31(43)44)41-36(50)30(22-32(45)46)42-37(51)52-23-26-16-10-5-11-17-26/h3-17,27-30H,2,18-23H2,1H3,(H,38,47)(H,39,48)(H,40,49)(H,41,50)(H,42,51)(H,43,44)(H,45,46)/t27-,28-,29-,30-/m0/s1. The normalized spacial score (nSPS) is 12.9. The summed E-state index contributed by atoms with van der Waals surface area (Å²) in [5, 5.41) is 31.3. The van der Waals surface area contributed by atoms with E-state index >= 15 is 0 Å². The van der Waals surface area contributed by atoms with Crippen molar-refractivity contribution in [1.29, 1.82) is 0 Å². The number of hydrogen-bond acceptors (Lipinski definition) is 8. The number of ether oxygens (including phenoxy) is 1. The molecule has 15 heteroatoms. The lowest BCUT2D eigenvalue weighted by atomic mass is 10.0. The van der Waals surface area contributed by atoms with Gasteiger partial charge in [0.2, 0.25) is 23.6 Å². The minimum atomic E-state index is -1.80. The molecule has 0 radical (unpaired) electrons. The lowest BCUT2D eigenvalue weighted by molar-refractivity contribution is -0.143. The second-order valence-electron chi connectivity index (χ2n) is 11.8. The number of benzene rings is 3. The Balaban J connectivity index is 1.80. The largest absolute Gasteiger partial charge is 0.481 e. The quantitative estimate of drug-likeness (QED) is 0.0895. The summed E-state index contributed by atoms with van der Waals surface area (Å²) in [7, 11) is 0. The zero-order valence-corrected chi connectivity index (χ0v) is 28.6. The summed E-state index contributed by atoms with van der Waals surface area (Å²) >= 11 is 0. The number of aliphatic carboxylic acids is 2. The number of carboxylic acid groups (broad SMARTS) is 2. The molecular formula is C37H43N5O10. The van der Waals surface area contributed by atoms with Crippen LogP contribution >= 0.6 is 0 Å². The predicted octanol–water partition coefficient (Wildman–Crippen LogP) is 1.70. The van der Waals surface area contributed by atoms with E-state index in [2.05, 4.69) is 26.6 Å². The number of alkyl carbamates (subject to hydrolysis) is 1. The van der Waals surface area contributed by atoms with Crippen LogP contribution < -0.4 is 26.6 Å². The highest BCUT2D eigenvalue weighted by atomic mass is 16.5. The molecule has 5 amide bonds. The van der Waals surface area contributed by atoms with Crippen molar-refractivity contribution in [2.75, 3.05) is 6.54 Å². The molecule has 0 aliphatic heterocycles. The van der Waals surface area contributed by atoms with Crippen LogP contribution in [-0.4, -0.2) is 82.6 Å². The lowest BCUT2D eigenvalue weighted by Crippen LogP contribution is -2.59. The van der Waals surface area contributed by atoms with Gasteiger partial charge in [-0.15, -0.1) is 0 Å². The zero-order valence-electron chi connectivity index (χ0n) is 28.6. The Morgan fingerprint density at radius 3 is 1.37 bits per heavy atom. The fourth-order valence-corrected chi connectivity index (χ4v) is 4.98. The Morgan fingerprint density at radius 1 is 0.538 bits per heavy atom. The summed E-state index contributed by atoms with van der Waals surface area (Å²) in [6.45, 7) is 2.05. The molecular weight excluding hydrogens is 674 g/mol. The highest BCUT2D eigenvalue weighted by Crippen LogP contribution is 2.09. The molecule has 7 N–H and O–H groups in total. The fourth-order valence-electron chi connectivity index (χ4n) is 4.98. The van der Waals surface area contributed by atoms with Gasteiger partial charge >= 0.3 is 18.0 Å². The van der Waals surface area contributed by atoms with Crippen LogP contribution in [0.5, 0.6) is 0 Å². The van der Waals surface area contributed by atoms with Crippen molar-refractivity contribution in [2.24, 2.45) is 0 Å². The Hall–Kier alpha value is -6.25. The molecule has 3 aromatic rings. The topological polar surface area (TPSA) is 229 Å². The van der Waals surface area contributed by atoms with Gasteiger partial charge in [0.25, 0.3) is 0 Å². The number of hydrogen-bond donors (Lipinski definition) is 7. The van der Waals surface area contributed by atoms with E-state index in [9.17, 15) is 43.8 Å². The van der Waals surface area contributed by atoms with E-state index in [0.29, 0.717) is 24.1 Å². The molecule has 0 unspecified atom stereocenters. The molecule has 0 bridgehead atoms. The first-order chi connectivity index (χ1) is 24.9. The van der Waals surface area contributed by atoms with Crippen molar-refractivity contribution in [3.05, 3.63) is 108 Å². The second kappa shape index (κ2) is 21.1. The summed E-state index contributed by atoms with van der Waals surface area (Å²) in [5.41, 5.74) is 2.01. The zero-order chi connectivity index (χ0) is 37.9. The van der Waals surface area contributed by atoms with Gasteiger partial charge in [0, 0.05) is 19.4 Å². The Labute approximate surface area is 300 Å². The molecule has 0 saturated carbocycles. The van der Waals surface area contributed by atoms with E-state index in [0.717, 1.165) is 5.56 Å². The Bertz CT molecular complexity index is 1660. The van der Waals surface area contributed by atoms with Crippen LogP contribution in [0.15, 0.2) is 91.0 Å². The Morgan fingerprint density at radius 2 is 0.923 bits per heavy atom. The first kappa shape index (κ1) is 40.2. The SMILES string of the molecule is CCCNC(=O)[C@H](Cc1ccccc1)NC(=O)[C@H](Cc1ccccc1)NC(=O)[C@H](CC(=O)O)NC(=O)[C@H](CC(=O)O)NC(=O)OCc1ccccc1. The monoisotopic (exact) mass is 717 g/mol. The van der Waals surface area contributed by atoms with Crippen molar-refractivity contribution in [1.82, 2.24) is 26.6 Å². The molecule has 3 rings (SSSR count). The first-order valence-electron chi connectivity index (χ1n) is 16.6.